The molecule has 0 fully saturated rings. The molecule has 5 aromatic rings. The maximum atomic E-state index is 13.7. The van der Waals surface area contributed by atoms with Crippen molar-refractivity contribution in [1.82, 2.24) is 14.9 Å². The topological polar surface area (TPSA) is 118 Å². The third-order valence-corrected chi connectivity index (χ3v) is 9.10. The molecule has 3 aromatic carbocycles. The van der Waals surface area contributed by atoms with E-state index < -0.39 is 10.0 Å². The van der Waals surface area contributed by atoms with E-state index in [4.69, 9.17) is 16.7 Å². The number of thiazole rings is 1. The molecular formula is C32H30ClN5O3S2. The number of amides is 2. The van der Waals surface area contributed by atoms with Crippen molar-refractivity contribution >= 4 is 44.1 Å². The highest BCUT2D eigenvalue weighted by molar-refractivity contribution is 7.89. The fourth-order valence-electron chi connectivity index (χ4n) is 4.80. The van der Waals surface area contributed by atoms with Crippen LogP contribution in [-0.4, -0.2) is 42.4 Å². The first-order valence-corrected chi connectivity index (χ1v) is 16.4. The van der Waals surface area contributed by atoms with Gasteiger partial charge in [0.2, 0.25) is 10.0 Å². The number of carbonyl (C=O) groups excluding carboxylic acids is 1. The Bertz CT molecular complexity index is 1710. The Balaban J connectivity index is 1.35. The number of sulfonamides is 1. The highest BCUT2D eigenvalue weighted by Gasteiger charge is 2.21. The predicted molar refractivity (Wildman–Crippen MR) is 172 cm³/mol. The van der Waals surface area contributed by atoms with E-state index in [9.17, 15) is 13.2 Å². The predicted octanol–water partition coefficient (Wildman–Crippen LogP) is 6.80. The maximum absolute atomic E-state index is 13.7. The third kappa shape index (κ3) is 8.05. The Morgan fingerprint density at radius 1 is 0.884 bits per heavy atom. The van der Waals surface area contributed by atoms with Crippen molar-refractivity contribution in [3.63, 3.8) is 0 Å². The van der Waals surface area contributed by atoms with Crippen LogP contribution in [0, 0.1) is 0 Å². The highest BCUT2D eigenvalue weighted by Crippen LogP contribution is 2.36. The lowest BCUT2D eigenvalue weighted by molar-refractivity contribution is 0.210. The van der Waals surface area contributed by atoms with Crippen molar-refractivity contribution in [3.05, 3.63) is 130 Å². The summed E-state index contributed by atoms with van der Waals surface area (Å²) in [6.45, 7) is 0.953. The van der Waals surface area contributed by atoms with Crippen molar-refractivity contribution in [2.75, 3.05) is 18.4 Å². The summed E-state index contributed by atoms with van der Waals surface area (Å²) in [5.41, 5.74) is 4.31. The molecule has 0 atom stereocenters. The summed E-state index contributed by atoms with van der Waals surface area (Å²) in [7, 11) is -3.82. The van der Waals surface area contributed by atoms with Gasteiger partial charge in [-0.3, -0.25) is 10.3 Å². The molecule has 11 heteroatoms. The Kier molecular flexibility index (Phi) is 9.83. The first-order chi connectivity index (χ1) is 20.8. The van der Waals surface area contributed by atoms with Gasteiger partial charge in [-0.1, -0.05) is 102 Å². The number of urea groups is 1. The Hall–Kier alpha value is -4.09. The molecule has 2 heterocycles. The number of carbonyl (C=O) groups is 1. The molecule has 3 N–H and O–H groups in total. The first kappa shape index (κ1) is 30.4. The molecule has 0 bridgehead atoms. The summed E-state index contributed by atoms with van der Waals surface area (Å²) in [6.07, 6.45) is 3.05. The number of anilines is 1. The smallest absolute Gasteiger partial charge is 0.323 e. The Morgan fingerprint density at radius 2 is 1.51 bits per heavy atom. The van der Waals surface area contributed by atoms with Gasteiger partial charge in [-0.25, -0.2) is 23.3 Å². The first-order valence-electron chi connectivity index (χ1n) is 13.6. The minimum Gasteiger partial charge on any atom is -0.324 e. The number of halogens is 1. The molecule has 0 saturated carbocycles. The van der Waals surface area contributed by atoms with Gasteiger partial charge in [-0.2, -0.15) is 0 Å². The van der Waals surface area contributed by atoms with Crippen LogP contribution in [0.25, 0.3) is 11.3 Å². The molecule has 0 spiro atoms. The van der Waals surface area contributed by atoms with Gasteiger partial charge in [-0.05, 0) is 41.8 Å². The van der Waals surface area contributed by atoms with E-state index in [1.807, 2.05) is 54.6 Å². The van der Waals surface area contributed by atoms with Gasteiger partial charge in [-0.15, -0.1) is 0 Å². The van der Waals surface area contributed by atoms with E-state index in [0.717, 1.165) is 17.0 Å². The van der Waals surface area contributed by atoms with Gasteiger partial charge in [0.15, 0.2) is 5.13 Å². The average Bonchev–Trinajstić information content (AvgIpc) is 3.39. The van der Waals surface area contributed by atoms with Crippen LogP contribution in [0.2, 0.25) is 4.34 Å². The summed E-state index contributed by atoms with van der Waals surface area (Å²) in [5, 5.41) is 8.47. The second-order valence-corrected chi connectivity index (χ2v) is 13.0. The monoisotopic (exact) mass is 631 g/mol. The van der Waals surface area contributed by atoms with E-state index in [1.54, 1.807) is 23.2 Å². The minimum atomic E-state index is -3.82. The molecule has 0 aliphatic rings. The normalized spacial score (nSPS) is 11.4. The van der Waals surface area contributed by atoms with Gasteiger partial charge in [0.05, 0.1) is 4.90 Å². The van der Waals surface area contributed by atoms with Crippen LogP contribution in [0.3, 0.4) is 0 Å². The maximum Gasteiger partial charge on any atom is 0.323 e. The number of pyridine rings is 1. The van der Waals surface area contributed by atoms with Crippen LogP contribution >= 0.6 is 22.9 Å². The molecule has 0 unspecified atom stereocenters. The molecule has 5 rings (SSSR count). The van der Waals surface area contributed by atoms with Crippen molar-refractivity contribution < 1.29 is 13.2 Å². The van der Waals surface area contributed by atoms with E-state index in [2.05, 4.69) is 39.6 Å². The van der Waals surface area contributed by atoms with Crippen LogP contribution in [-0.2, 0) is 16.4 Å². The van der Waals surface area contributed by atoms with E-state index >= 15 is 0 Å². The molecular weight excluding hydrogens is 602 g/mol. The SMILES string of the molecule is NS(=O)(=O)c1ccc(-c2nc(NC(=O)N(CCc3ccccn3)CCC(c3ccccc3)c3ccccc3)sc2Cl)cc1. The zero-order valence-electron chi connectivity index (χ0n) is 23.1. The fraction of sp³-hybridized carbons (Fsp3) is 0.156. The number of benzene rings is 3. The van der Waals surface area contributed by atoms with Gasteiger partial charge < -0.3 is 4.90 Å². The largest absolute Gasteiger partial charge is 0.324 e. The summed E-state index contributed by atoms with van der Waals surface area (Å²) in [5.74, 6) is 0.105. The van der Waals surface area contributed by atoms with Crippen LogP contribution in [0.15, 0.2) is 114 Å². The number of nitrogens with zero attached hydrogens (tertiary/aromatic N) is 3. The van der Waals surface area contributed by atoms with Crippen molar-refractivity contribution in [1.29, 1.82) is 0 Å². The van der Waals surface area contributed by atoms with Crippen molar-refractivity contribution in [2.45, 2.75) is 23.7 Å². The second-order valence-electron chi connectivity index (χ2n) is 9.86. The molecule has 8 nitrogen and oxygen atoms in total. The van der Waals surface area contributed by atoms with E-state index in [-0.39, 0.29) is 16.8 Å². The lowest BCUT2D eigenvalue weighted by Crippen LogP contribution is -2.38. The van der Waals surface area contributed by atoms with E-state index in [1.165, 1.54) is 23.3 Å². The second kappa shape index (κ2) is 13.9. The van der Waals surface area contributed by atoms with Gasteiger partial charge in [0, 0.05) is 42.9 Å². The number of primary sulfonamides is 1. The molecule has 0 aliphatic heterocycles. The summed E-state index contributed by atoms with van der Waals surface area (Å²) in [4.78, 5) is 24.4. The minimum absolute atomic E-state index is 0.0102. The molecule has 2 aromatic heterocycles. The lowest BCUT2D eigenvalue weighted by Gasteiger charge is -2.26. The third-order valence-electron chi connectivity index (χ3n) is 7.00. The van der Waals surface area contributed by atoms with Gasteiger partial charge in [0.25, 0.3) is 0 Å². The van der Waals surface area contributed by atoms with Crippen LogP contribution in [0.4, 0.5) is 9.93 Å². The fourth-order valence-corrected chi connectivity index (χ4v) is 6.39. The van der Waals surface area contributed by atoms with Crippen molar-refractivity contribution in [2.24, 2.45) is 5.14 Å². The van der Waals surface area contributed by atoms with Crippen LogP contribution in [0.5, 0.6) is 0 Å². The van der Waals surface area contributed by atoms with Gasteiger partial charge in [0.1, 0.15) is 10.0 Å². The molecule has 2 amide bonds. The van der Waals surface area contributed by atoms with Crippen LogP contribution in [0.1, 0.15) is 29.2 Å². The number of nitrogens with one attached hydrogen (secondary N) is 1. The van der Waals surface area contributed by atoms with Crippen molar-refractivity contribution in [3.8, 4) is 11.3 Å². The van der Waals surface area contributed by atoms with Gasteiger partial charge >= 0.3 is 6.03 Å². The summed E-state index contributed by atoms with van der Waals surface area (Å²) in [6, 6.07) is 32.0. The zero-order chi connectivity index (χ0) is 30.2. The standard InChI is InChI=1S/C32H30ClN5O3S2/c33-30-29(25-14-16-27(17-15-25)43(34,40)41)36-31(42-30)37-32(39)38(21-18-26-13-7-8-20-35-26)22-19-28(23-9-3-1-4-10-23)24-11-5-2-6-12-24/h1-17,20,28H,18-19,21-22H2,(H2,34,40,41)(H,36,37,39). The lowest BCUT2D eigenvalue weighted by atomic mass is 9.88. The number of aromatic nitrogens is 2. The number of hydrogen-bond donors (Lipinski definition) is 2. The molecule has 43 heavy (non-hydrogen) atoms. The van der Waals surface area contributed by atoms with E-state index in [0.29, 0.717) is 46.7 Å². The molecule has 0 radical (unpaired) electrons. The summed E-state index contributed by atoms with van der Waals surface area (Å²) < 4.78 is 23.6. The molecule has 0 aliphatic carbocycles. The number of nitrogens with two attached hydrogens (primary N) is 1. The Labute approximate surface area is 260 Å². The molecule has 220 valence electrons. The quantitative estimate of drug-likeness (QED) is 0.166. The number of rotatable bonds is 11. The molecule has 0 saturated heterocycles. The summed E-state index contributed by atoms with van der Waals surface area (Å²) >= 11 is 7.63. The Morgan fingerprint density at radius 3 is 2.09 bits per heavy atom. The zero-order valence-corrected chi connectivity index (χ0v) is 25.5. The highest BCUT2D eigenvalue weighted by atomic mass is 35.5. The average molecular weight is 632 g/mol. The number of hydrogen-bond acceptors (Lipinski definition) is 6. The van der Waals surface area contributed by atoms with Crippen LogP contribution < -0.4 is 10.5 Å².